The summed E-state index contributed by atoms with van der Waals surface area (Å²) < 4.78 is 0.849. The molecule has 0 spiro atoms. The Kier molecular flexibility index (Phi) is 2.56. The largest absolute Gasteiger partial charge is 0.507 e. The summed E-state index contributed by atoms with van der Waals surface area (Å²) in [4.78, 5) is 10.8. The Morgan fingerprint density at radius 2 is 2.36 bits per heavy atom. The van der Waals surface area contributed by atoms with Crippen molar-refractivity contribution in [3.8, 4) is 5.75 Å². The van der Waals surface area contributed by atoms with Crippen LogP contribution in [0.25, 0.3) is 10.1 Å². The Labute approximate surface area is 93.3 Å². The molecule has 0 saturated heterocycles. The average molecular weight is 271 g/mol. The highest BCUT2D eigenvalue weighted by atomic mass is 79.9. The van der Waals surface area contributed by atoms with Crippen LogP contribution in [0.15, 0.2) is 17.5 Å². The van der Waals surface area contributed by atoms with Gasteiger partial charge in [0.1, 0.15) is 5.75 Å². The van der Waals surface area contributed by atoms with Gasteiger partial charge in [-0.15, -0.1) is 11.3 Å². The third kappa shape index (κ3) is 1.35. The average Bonchev–Trinajstić information content (AvgIpc) is 2.64. The molecule has 0 saturated carbocycles. The van der Waals surface area contributed by atoms with Gasteiger partial charge < -0.3 is 5.11 Å². The minimum Gasteiger partial charge on any atom is -0.507 e. The first-order valence-electron chi connectivity index (χ1n) is 4.01. The second-order valence-corrected chi connectivity index (χ2v) is 4.37. The van der Waals surface area contributed by atoms with Gasteiger partial charge in [0.25, 0.3) is 0 Å². The van der Waals surface area contributed by atoms with E-state index in [1.807, 2.05) is 17.5 Å². The molecule has 0 radical (unpaired) electrons. The summed E-state index contributed by atoms with van der Waals surface area (Å²) in [6.07, 6.45) is 0.709. The maximum Gasteiger partial charge on any atom is 0.155 e. The van der Waals surface area contributed by atoms with Crippen molar-refractivity contribution >= 4 is 43.6 Å². The van der Waals surface area contributed by atoms with Gasteiger partial charge in [-0.25, -0.2) is 0 Å². The Hall–Kier alpha value is -0.870. The molecule has 0 aliphatic heterocycles. The lowest BCUT2D eigenvalue weighted by atomic mass is 10.1. The number of fused-ring (bicyclic) bond motifs is 1. The molecule has 2 aromatic rings. The maximum absolute atomic E-state index is 10.8. The van der Waals surface area contributed by atoms with Gasteiger partial charge >= 0.3 is 0 Å². The normalized spacial score (nSPS) is 10.6. The van der Waals surface area contributed by atoms with Crippen LogP contribution in [0.5, 0.6) is 5.75 Å². The number of alkyl halides is 1. The summed E-state index contributed by atoms with van der Waals surface area (Å²) in [5.41, 5.74) is 1.14. The molecule has 4 heteroatoms. The van der Waals surface area contributed by atoms with Crippen LogP contribution in [-0.2, 0) is 5.33 Å². The summed E-state index contributed by atoms with van der Waals surface area (Å²) in [6, 6.07) is 3.83. The number of phenolic OH excluding ortho intramolecular Hbond substituents is 1. The molecule has 0 fully saturated rings. The first kappa shape index (κ1) is 9.68. The molecule has 1 N–H and O–H groups in total. The Morgan fingerprint density at radius 3 is 3.00 bits per heavy atom. The molecular formula is C10H7BrO2S. The van der Waals surface area contributed by atoms with Crippen molar-refractivity contribution < 1.29 is 9.90 Å². The third-order valence-corrected chi connectivity index (χ3v) is 3.66. The third-order valence-electron chi connectivity index (χ3n) is 2.09. The van der Waals surface area contributed by atoms with Crippen molar-refractivity contribution in [2.45, 2.75) is 5.33 Å². The van der Waals surface area contributed by atoms with Crippen LogP contribution in [0.3, 0.4) is 0 Å². The summed E-state index contributed by atoms with van der Waals surface area (Å²) >= 11 is 4.74. The lowest BCUT2D eigenvalue weighted by Crippen LogP contribution is -1.87. The number of phenols is 1. The summed E-state index contributed by atoms with van der Waals surface area (Å²) in [6.45, 7) is 0. The molecule has 0 unspecified atom stereocenters. The van der Waals surface area contributed by atoms with Crippen molar-refractivity contribution in [2.24, 2.45) is 0 Å². The second kappa shape index (κ2) is 3.71. The van der Waals surface area contributed by atoms with Crippen LogP contribution in [0.4, 0.5) is 0 Å². The lowest BCUT2D eigenvalue weighted by Gasteiger charge is -2.04. The number of benzene rings is 1. The van der Waals surface area contributed by atoms with Crippen LogP contribution < -0.4 is 0 Å². The quantitative estimate of drug-likeness (QED) is 0.672. The second-order valence-electron chi connectivity index (χ2n) is 2.89. The van der Waals surface area contributed by atoms with E-state index in [1.165, 1.54) is 11.3 Å². The molecule has 72 valence electrons. The number of halogens is 1. The molecule has 1 aromatic carbocycles. The van der Waals surface area contributed by atoms with Crippen molar-refractivity contribution in [3.63, 3.8) is 0 Å². The number of rotatable bonds is 2. The summed E-state index contributed by atoms with van der Waals surface area (Å²) in [5.74, 6) is 0.0897. The number of carbonyl (C=O) groups is 1. The maximum atomic E-state index is 10.8. The zero-order valence-electron chi connectivity index (χ0n) is 7.16. The number of carbonyl (C=O) groups excluding carboxylic acids is 1. The van der Waals surface area contributed by atoms with E-state index in [0.717, 1.165) is 15.6 Å². The standard InChI is InChI=1S/C10H7BrO2S/c11-4-7-3-6-1-2-14-10(6)8(5-12)9(7)13/h1-3,5,13H,4H2. The Balaban J connectivity index is 2.87. The Bertz CT molecular complexity index is 490. The highest BCUT2D eigenvalue weighted by molar-refractivity contribution is 9.08. The van der Waals surface area contributed by atoms with Gasteiger partial charge in [0.05, 0.1) is 5.56 Å². The van der Waals surface area contributed by atoms with E-state index in [9.17, 15) is 9.90 Å². The van der Waals surface area contributed by atoms with Crippen LogP contribution >= 0.6 is 27.3 Å². The van der Waals surface area contributed by atoms with Gasteiger partial charge in [0.15, 0.2) is 6.29 Å². The number of hydrogen-bond donors (Lipinski definition) is 1. The molecule has 0 bridgehead atoms. The molecule has 1 aromatic heterocycles. The monoisotopic (exact) mass is 270 g/mol. The molecular weight excluding hydrogens is 264 g/mol. The zero-order chi connectivity index (χ0) is 10.1. The van der Waals surface area contributed by atoms with Gasteiger partial charge in [0.2, 0.25) is 0 Å². The van der Waals surface area contributed by atoms with Crippen molar-refractivity contribution in [3.05, 3.63) is 28.6 Å². The lowest BCUT2D eigenvalue weighted by molar-refractivity contribution is 0.112. The zero-order valence-corrected chi connectivity index (χ0v) is 9.56. The van der Waals surface area contributed by atoms with Crippen molar-refractivity contribution in [2.75, 3.05) is 0 Å². The van der Waals surface area contributed by atoms with E-state index in [4.69, 9.17) is 0 Å². The van der Waals surface area contributed by atoms with E-state index in [-0.39, 0.29) is 5.75 Å². The number of aldehydes is 1. The predicted octanol–water partition coefficient (Wildman–Crippen LogP) is 3.31. The molecule has 2 nitrogen and oxygen atoms in total. The van der Waals surface area contributed by atoms with Gasteiger partial charge in [-0.3, -0.25) is 4.79 Å². The van der Waals surface area contributed by atoms with E-state index in [1.54, 1.807) is 0 Å². The van der Waals surface area contributed by atoms with Crippen molar-refractivity contribution in [1.29, 1.82) is 0 Å². The van der Waals surface area contributed by atoms with Crippen LogP contribution in [-0.4, -0.2) is 11.4 Å². The molecule has 0 aliphatic carbocycles. The molecule has 2 rings (SSSR count). The predicted molar refractivity (Wildman–Crippen MR) is 61.5 cm³/mol. The first-order chi connectivity index (χ1) is 6.77. The molecule has 1 heterocycles. The van der Waals surface area contributed by atoms with E-state index in [0.29, 0.717) is 17.2 Å². The molecule has 14 heavy (non-hydrogen) atoms. The fraction of sp³-hybridized carbons (Fsp3) is 0.100. The SMILES string of the molecule is O=Cc1c(O)c(CBr)cc2ccsc12. The van der Waals surface area contributed by atoms with Gasteiger partial charge in [-0.2, -0.15) is 0 Å². The van der Waals surface area contributed by atoms with Gasteiger partial charge in [-0.05, 0) is 22.9 Å². The first-order valence-corrected chi connectivity index (χ1v) is 6.01. The summed E-state index contributed by atoms with van der Waals surface area (Å²) in [5, 5.41) is 13.2. The smallest absolute Gasteiger partial charge is 0.155 e. The fourth-order valence-electron chi connectivity index (χ4n) is 1.40. The number of thiophene rings is 1. The minimum atomic E-state index is 0.0897. The van der Waals surface area contributed by atoms with Crippen LogP contribution in [0.1, 0.15) is 15.9 Å². The van der Waals surface area contributed by atoms with E-state index >= 15 is 0 Å². The van der Waals surface area contributed by atoms with Crippen LogP contribution in [0, 0.1) is 0 Å². The summed E-state index contributed by atoms with van der Waals surface area (Å²) in [7, 11) is 0. The van der Waals surface area contributed by atoms with Gasteiger partial charge in [-0.1, -0.05) is 15.9 Å². The number of hydrogen-bond acceptors (Lipinski definition) is 3. The Morgan fingerprint density at radius 1 is 1.57 bits per heavy atom. The topological polar surface area (TPSA) is 37.3 Å². The minimum absolute atomic E-state index is 0.0897. The number of aromatic hydroxyl groups is 1. The molecule has 0 atom stereocenters. The van der Waals surface area contributed by atoms with E-state index in [2.05, 4.69) is 15.9 Å². The highest BCUT2D eigenvalue weighted by Crippen LogP contribution is 2.34. The molecule has 0 aliphatic rings. The van der Waals surface area contributed by atoms with Crippen molar-refractivity contribution in [1.82, 2.24) is 0 Å². The highest BCUT2D eigenvalue weighted by Gasteiger charge is 2.11. The van der Waals surface area contributed by atoms with E-state index < -0.39 is 0 Å². The van der Waals surface area contributed by atoms with Crippen LogP contribution in [0.2, 0.25) is 0 Å². The van der Waals surface area contributed by atoms with Gasteiger partial charge in [0, 0.05) is 15.6 Å². The molecule has 0 amide bonds. The fourth-order valence-corrected chi connectivity index (χ4v) is 2.71.